The van der Waals surface area contributed by atoms with Crippen molar-refractivity contribution in [1.29, 1.82) is 0 Å². The molecule has 0 heterocycles. The Morgan fingerprint density at radius 2 is 2.00 bits per heavy atom. The molecule has 0 aliphatic rings. The van der Waals surface area contributed by atoms with E-state index in [0.717, 1.165) is 11.4 Å². The second-order valence-electron chi connectivity index (χ2n) is 3.93. The third-order valence-corrected chi connectivity index (χ3v) is 2.95. The standard InChI is InChI=1S/C14H14ClFN2/c1-2-18(12-5-3-4-11(16)9-12)14-7-6-10(15)8-13(14)17/h3-9H,2,17H2,1H3. The van der Waals surface area contributed by atoms with Gasteiger partial charge in [0.05, 0.1) is 11.4 Å². The van der Waals surface area contributed by atoms with Crippen molar-refractivity contribution in [2.24, 2.45) is 0 Å². The summed E-state index contributed by atoms with van der Waals surface area (Å²) >= 11 is 5.88. The first-order chi connectivity index (χ1) is 8.61. The van der Waals surface area contributed by atoms with E-state index in [0.29, 0.717) is 17.3 Å². The van der Waals surface area contributed by atoms with Crippen molar-refractivity contribution in [1.82, 2.24) is 0 Å². The lowest BCUT2D eigenvalue weighted by Gasteiger charge is -2.24. The van der Waals surface area contributed by atoms with Crippen LogP contribution in [0.5, 0.6) is 0 Å². The molecule has 2 N–H and O–H groups in total. The highest BCUT2D eigenvalue weighted by atomic mass is 35.5. The van der Waals surface area contributed by atoms with E-state index in [2.05, 4.69) is 0 Å². The monoisotopic (exact) mass is 264 g/mol. The number of rotatable bonds is 3. The van der Waals surface area contributed by atoms with Crippen molar-refractivity contribution in [3.05, 3.63) is 53.3 Å². The number of anilines is 3. The summed E-state index contributed by atoms with van der Waals surface area (Å²) < 4.78 is 13.3. The summed E-state index contributed by atoms with van der Waals surface area (Å²) in [5.74, 6) is -0.265. The van der Waals surface area contributed by atoms with Crippen LogP contribution >= 0.6 is 11.6 Å². The van der Waals surface area contributed by atoms with Crippen LogP contribution in [-0.2, 0) is 0 Å². The largest absolute Gasteiger partial charge is 0.397 e. The molecule has 0 amide bonds. The Labute approximate surface area is 111 Å². The molecule has 0 bridgehead atoms. The van der Waals surface area contributed by atoms with Gasteiger partial charge in [0.1, 0.15) is 5.82 Å². The van der Waals surface area contributed by atoms with E-state index >= 15 is 0 Å². The molecule has 0 aliphatic carbocycles. The maximum atomic E-state index is 13.3. The quantitative estimate of drug-likeness (QED) is 0.841. The fourth-order valence-corrected chi connectivity index (χ4v) is 2.09. The zero-order chi connectivity index (χ0) is 13.1. The molecule has 0 saturated carbocycles. The number of nitrogens with zero attached hydrogens (tertiary/aromatic N) is 1. The SMILES string of the molecule is CCN(c1cccc(F)c1)c1ccc(Cl)cc1N. The predicted octanol–water partition coefficient (Wildman–Crippen LogP) is 4.22. The van der Waals surface area contributed by atoms with E-state index in [1.54, 1.807) is 18.2 Å². The summed E-state index contributed by atoms with van der Waals surface area (Å²) in [7, 11) is 0. The average Bonchev–Trinajstić information content (AvgIpc) is 2.33. The Kier molecular flexibility index (Phi) is 3.72. The highest BCUT2D eigenvalue weighted by Crippen LogP contribution is 2.32. The molecule has 4 heteroatoms. The minimum Gasteiger partial charge on any atom is -0.397 e. The number of hydrogen-bond donors (Lipinski definition) is 1. The van der Waals surface area contributed by atoms with Crippen molar-refractivity contribution in [2.75, 3.05) is 17.2 Å². The van der Waals surface area contributed by atoms with E-state index in [9.17, 15) is 4.39 Å². The summed E-state index contributed by atoms with van der Waals surface area (Å²) in [5.41, 5.74) is 8.13. The molecule has 0 unspecified atom stereocenters. The number of hydrogen-bond acceptors (Lipinski definition) is 2. The lowest BCUT2D eigenvalue weighted by Crippen LogP contribution is -2.17. The van der Waals surface area contributed by atoms with Crippen molar-refractivity contribution in [2.45, 2.75) is 6.92 Å². The number of nitrogens with two attached hydrogens (primary N) is 1. The first kappa shape index (κ1) is 12.7. The van der Waals surface area contributed by atoms with Crippen LogP contribution in [0.4, 0.5) is 21.5 Å². The Hall–Kier alpha value is -1.74. The van der Waals surface area contributed by atoms with Crippen LogP contribution < -0.4 is 10.6 Å². The van der Waals surface area contributed by atoms with Crippen molar-refractivity contribution in [3.63, 3.8) is 0 Å². The van der Waals surface area contributed by atoms with E-state index in [1.165, 1.54) is 12.1 Å². The number of benzene rings is 2. The zero-order valence-corrected chi connectivity index (χ0v) is 10.8. The van der Waals surface area contributed by atoms with Crippen LogP contribution in [0.25, 0.3) is 0 Å². The van der Waals surface area contributed by atoms with E-state index in [-0.39, 0.29) is 5.82 Å². The molecular formula is C14H14ClFN2. The topological polar surface area (TPSA) is 29.3 Å². The summed E-state index contributed by atoms with van der Waals surface area (Å²) in [5, 5.41) is 0.589. The fraction of sp³-hybridized carbons (Fsp3) is 0.143. The van der Waals surface area contributed by atoms with Crippen LogP contribution in [-0.4, -0.2) is 6.54 Å². The lowest BCUT2D eigenvalue weighted by atomic mass is 10.2. The van der Waals surface area contributed by atoms with Crippen LogP contribution in [0.3, 0.4) is 0 Å². The summed E-state index contributed by atoms with van der Waals surface area (Å²) in [6, 6.07) is 11.7. The van der Waals surface area contributed by atoms with Gasteiger partial charge in [0.15, 0.2) is 0 Å². The zero-order valence-electron chi connectivity index (χ0n) is 10.0. The molecule has 0 atom stereocenters. The van der Waals surface area contributed by atoms with Crippen molar-refractivity contribution >= 4 is 28.7 Å². The van der Waals surface area contributed by atoms with Gasteiger partial charge in [-0.3, -0.25) is 0 Å². The van der Waals surface area contributed by atoms with Crippen LogP contribution in [0.15, 0.2) is 42.5 Å². The number of nitrogen functional groups attached to an aromatic ring is 1. The Morgan fingerprint density at radius 3 is 2.61 bits per heavy atom. The summed E-state index contributed by atoms with van der Waals surface area (Å²) in [6.07, 6.45) is 0. The minimum absolute atomic E-state index is 0.265. The molecule has 94 valence electrons. The maximum absolute atomic E-state index is 13.3. The lowest BCUT2D eigenvalue weighted by molar-refractivity contribution is 0.627. The molecule has 0 saturated heterocycles. The van der Waals surface area contributed by atoms with Gasteiger partial charge in [-0.15, -0.1) is 0 Å². The fourth-order valence-electron chi connectivity index (χ4n) is 1.91. The minimum atomic E-state index is -0.265. The molecule has 2 nitrogen and oxygen atoms in total. The first-order valence-electron chi connectivity index (χ1n) is 5.70. The summed E-state index contributed by atoms with van der Waals surface area (Å²) in [4.78, 5) is 1.94. The average molecular weight is 265 g/mol. The van der Waals surface area contributed by atoms with Crippen molar-refractivity contribution < 1.29 is 4.39 Å². The van der Waals surface area contributed by atoms with E-state index < -0.39 is 0 Å². The maximum Gasteiger partial charge on any atom is 0.125 e. The van der Waals surface area contributed by atoms with Gasteiger partial charge in [-0.2, -0.15) is 0 Å². The van der Waals surface area contributed by atoms with Gasteiger partial charge in [0, 0.05) is 17.3 Å². The van der Waals surface area contributed by atoms with Crippen LogP contribution in [0.2, 0.25) is 5.02 Å². The molecule has 0 aliphatic heterocycles. The molecule has 2 aromatic carbocycles. The highest BCUT2D eigenvalue weighted by Gasteiger charge is 2.11. The van der Waals surface area contributed by atoms with Gasteiger partial charge >= 0.3 is 0 Å². The molecular weight excluding hydrogens is 251 g/mol. The van der Waals surface area contributed by atoms with E-state index in [4.69, 9.17) is 17.3 Å². The highest BCUT2D eigenvalue weighted by molar-refractivity contribution is 6.31. The first-order valence-corrected chi connectivity index (χ1v) is 6.07. The van der Waals surface area contributed by atoms with Gasteiger partial charge in [-0.25, -0.2) is 4.39 Å². The molecule has 0 spiro atoms. The second-order valence-corrected chi connectivity index (χ2v) is 4.36. The van der Waals surface area contributed by atoms with Gasteiger partial charge in [0.2, 0.25) is 0 Å². The van der Waals surface area contributed by atoms with Crippen molar-refractivity contribution in [3.8, 4) is 0 Å². The number of halogens is 2. The van der Waals surface area contributed by atoms with Gasteiger partial charge in [-0.1, -0.05) is 17.7 Å². The molecule has 0 radical (unpaired) electrons. The Morgan fingerprint density at radius 1 is 1.22 bits per heavy atom. The summed E-state index contributed by atoms with van der Waals surface area (Å²) in [6.45, 7) is 2.67. The van der Waals surface area contributed by atoms with E-state index in [1.807, 2.05) is 24.0 Å². The van der Waals surface area contributed by atoms with Crippen LogP contribution in [0.1, 0.15) is 6.92 Å². The Bertz CT molecular complexity index is 557. The molecule has 2 rings (SSSR count). The normalized spacial score (nSPS) is 10.4. The molecule has 18 heavy (non-hydrogen) atoms. The van der Waals surface area contributed by atoms with Gasteiger partial charge in [-0.05, 0) is 43.3 Å². The third kappa shape index (κ3) is 2.57. The molecule has 0 aromatic heterocycles. The Balaban J connectivity index is 2.45. The van der Waals surface area contributed by atoms with Gasteiger partial charge in [0.25, 0.3) is 0 Å². The molecule has 2 aromatic rings. The molecule has 0 fully saturated rings. The third-order valence-electron chi connectivity index (χ3n) is 2.72. The van der Waals surface area contributed by atoms with Crippen LogP contribution in [0, 0.1) is 5.82 Å². The van der Waals surface area contributed by atoms with Gasteiger partial charge < -0.3 is 10.6 Å². The second kappa shape index (κ2) is 5.27. The smallest absolute Gasteiger partial charge is 0.125 e. The predicted molar refractivity (Wildman–Crippen MR) is 74.9 cm³/mol.